The number of likely N-dealkylation sites (N-methyl/N-ethyl adjacent to an activating group) is 1. The third-order valence-corrected chi connectivity index (χ3v) is 18.2. The van der Waals surface area contributed by atoms with Crippen molar-refractivity contribution in [2.75, 3.05) is 78.2 Å². The molecule has 1 aliphatic heterocycles. The second-order valence-corrected chi connectivity index (χ2v) is 24.4. The van der Waals surface area contributed by atoms with Crippen LogP contribution in [0.1, 0.15) is 41.8 Å². The van der Waals surface area contributed by atoms with Gasteiger partial charge in [0.2, 0.25) is 17.7 Å². The number of aldehydes is 1. The number of anilines is 1. The average Bonchev–Trinajstić information content (AvgIpc) is 1.76. The molecular weight excluding hydrogens is 1180 g/mol. The first kappa shape index (κ1) is 64.5. The smallest absolute Gasteiger partial charge is 0.243 e. The Hall–Kier alpha value is -8.00. The van der Waals surface area contributed by atoms with Gasteiger partial charge in [0.25, 0.3) is 0 Å². The summed E-state index contributed by atoms with van der Waals surface area (Å²) >= 11 is 10.0. The molecule has 0 aliphatic carbocycles. The predicted molar refractivity (Wildman–Crippen MR) is 345 cm³/mol. The van der Waals surface area contributed by atoms with Gasteiger partial charge in [0, 0.05) is 60.0 Å². The molecule has 0 spiro atoms. The maximum Gasteiger partial charge on any atom is 0.243 e. The lowest BCUT2D eigenvalue weighted by atomic mass is 9.96. The highest BCUT2D eigenvalue weighted by Crippen LogP contribution is 2.49. The number of piperazine rings is 1. The Morgan fingerprint density at radius 1 is 0.920 bits per heavy atom. The molecule has 4 heterocycles. The third kappa shape index (κ3) is 16.0. The fraction of sp³-hybridized carbons (Fsp3) is 0.328. The second-order valence-electron chi connectivity index (χ2n) is 22.0. The van der Waals surface area contributed by atoms with E-state index < -0.39 is 11.4 Å². The highest BCUT2D eigenvalue weighted by Gasteiger charge is 2.32. The number of thioether (sulfide) groups is 1. The number of ether oxygens (including phenoxy) is 5. The lowest BCUT2D eigenvalue weighted by Crippen LogP contribution is -2.57. The van der Waals surface area contributed by atoms with Gasteiger partial charge >= 0.3 is 0 Å². The summed E-state index contributed by atoms with van der Waals surface area (Å²) in [5.41, 5.74) is 13.9. The molecule has 3 unspecified atom stereocenters. The van der Waals surface area contributed by atoms with E-state index in [1.54, 1.807) is 31.5 Å². The number of rotatable bonds is 28. The van der Waals surface area contributed by atoms with Gasteiger partial charge in [0.05, 0.1) is 67.3 Å². The zero-order valence-corrected chi connectivity index (χ0v) is 52.5. The van der Waals surface area contributed by atoms with Crippen molar-refractivity contribution in [3.63, 3.8) is 0 Å². The molecule has 0 saturated carbocycles. The number of quaternary nitrogens is 1. The van der Waals surface area contributed by atoms with Crippen molar-refractivity contribution >= 4 is 68.7 Å². The number of thiophene rings is 1. The standard InChI is InChI=1S/C67H71ClFN9O8S2/c1-8-32-83-39-47-34-49(75-57(80)36-72-65(81)63(87-7)61(70)42(2)3)22-19-46(47)37-78(5)30-27-77(28-31-78)29-33-84-56-24-23-52(43(4)60(56)68)58-59-66(73-41-74-67(59)88-62(58)44-17-20-48(69)21-18-44)86-51(38-79)35-45-13-9-11-15-54(45)85-40-50-25-26-71-64(76-50)53-14-10-12-16-55(53)82-6/h1,9-26,34,38,41-42,51,61,63H,27-33,35-37,39-40,70H2,2-7H3,(H-,72,75,80,81)/p+1. The summed E-state index contributed by atoms with van der Waals surface area (Å²) in [6.07, 6.45) is 10.4. The summed E-state index contributed by atoms with van der Waals surface area (Å²) in [4.78, 5) is 61.2. The van der Waals surface area contributed by atoms with Gasteiger partial charge in [0.1, 0.15) is 60.6 Å². The van der Waals surface area contributed by atoms with Crippen LogP contribution in [-0.2, 0) is 45.3 Å². The zero-order valence-electron chi connectivity index (χ0n) is 50.1. The lowest BCUT2D eigenvalue weighted by molar-refractivity contribution is -0.926. The molecule has 1 aliphatic rings. The minimum Gasteiger partial charge on any atom is -0.496 e. The first-order chi connectivity index (χ1) is 42.6. The first-order valence-electron chi connectivity index (χ1n) is 28.9. The van der Waals surface area contributed by atoms with E-state index in [1.165, 1.54) is 41.6 Å². The van der Waals surface area contributed by atoms with Crippen LogP contribution >= 0.6 is 34.7 Å². The van der Waals surface area contributed by atoms with Crippen molar-refractivity contribution < 1.29 is 46.9 Å². The summed E-state index contributed by atoms with van der Waals surface area (Å²) in [5.74, 6) is 4.06. The van der Waals surface area contributed by atoms with Crippen LogP contribution in [0.2, 0.25) is 5.02 Å². The van der Waals surface area contributed by atoms with Gasteiger partial charge in [0.15, 0.2) is 18.2 Å². The average molecular weight is 1250 g/mol. The topological polar surface area (TPSA) is 202 Å². The van der Waals surface area contributed by atoms with Crippen LogP contribution in [0, 0.1) is 31.0 Å². The quantitative estimate of drug-likeness (QED) is 0.0181. The van der Waals surface area contributed by atoms with Gasteiger partial charge in [-0.3, -0.25) is 19.3 Å². The molecule has 5 aromatic carbocycles. The van der Waals surface area contributed by atoms with E-state index in [-0.39, 0.29) is 68.3 Å². The SMILES string of the molecule is C#CCOCc1cc(NC(=O)CNC(=O)C(SC)C(N)C(C)C)ccc1C[N+]1(C)CCN(CCOc2ccc(-c3c(-c4ccc(F)cc4)sc4ncnc(OC(C=O)Cc5ccccc5OCc5ccnc(-c6ccccc6OC)n5)c34)c(C)c2Cl)CC1. The molecule has 21 heteroatoms. The predicted octanol–water partition coefficient (Wildman–Crippen LogP) is 10.6. The zero-order chi connectivity index (χ0) is 62.3. The molecule has 9 rings (SSSR count). The normalized spacial score (nSPS) is 14.1. The Balaban J connectivity index is 0.854. The van der Waals surface area contributed by atoms with E-state index in [0.717, 1.165) is 87.3 Å². The molecule has 458 valence electrons. The fourth-order valence-electron chi connectivity index (χ4n) is 10.5. The van der Waals surface area contributed by atoms with Crippen LogP contribution in [-0.4, -0.2) is 138 Å². The Bertz CT molecular complexity index is 3780. The number of nitrogens with zero attached hydrogens (tertiary/aromatic N) is 6. The summed E-state index contributed by atoms with van der Waals surface area (Å²) in [7, 11) is 3.85. The van der Waals surface area contributed by atoms with Crippen molar-refractivity contribution in [3.05, 3.63) is 161 Å². The van der Waals surface area contributed by atoms with Gasteiger partial charge in [-0.15, -0.1) is 17.8 Å². The van der Waals surface area contributed by atoms with E-state index in [1.807, 2.05) is 106 Å². The third-order valence-electron chi connectivity index (χ3n) is 15.5. The largest absolute Gasteiger partial charge is 0.496 e. The Morgan fingerprint density at radius 2 is 1.68 bits per heavy atom. The van der Waals surface area contributed by atoms with Crippen molar-refractivity contribution in [3.8, 4) is 68.4 Å². The number of halogens is 2. The second kappa shape index (κ2) is 30.3. The number of benzene rings is 5. The number of para-hydroxylation sites is 2. The van der Waals surface area contributed by atoms with Gasteiger partial charge in [-0.2, -0.15) is 11.8 Å². The molecule has 1 saturated heterocycles. The molecule has 8 aromatic rings. The maximum absolute atomic E-state index is 14.4. The fourth-order valence-corrected chi connectivity index (χ4v) is 12.8. The number of aromatic nitrogens is 4. The lowest BCUT2D eigenvalue weighted by Gasteiger charge is -2.42. The van der Waals surface area contributed by atoms with Crippen LogP contribution in [0.5, 0.6) is 23.1 Å². The molecule has 3 aromatic heterocycles. The molecule has 0 radical (unpaired) electrons. The molecule has 2 amide bonds. The number of hydrogen-bond acceptors (Lipinski definition) is 16. The number of carbonyl (C=O) groups excluding carboxylic acids is 3. The maximum atomic E-state index is 14.4. The van der Waals surface area contributed by atoms with Crippen LogP contribution in [0.25, 0.3) is 43.2 Å². The summed E-state index contributed by atoms with van der Waals surface area (Å²) in [6, 6.07) is 32.3. The number of carbonyl (C=O) groups is 3. The summed E-state index contributed by atoms with van der Waals surface area (Å²) < 4.78 is 45.9. The molecule has 0 bridgehead atoms. The van der Waals surface area contributed by atoms with Gasteiger partial charge in [-0.1, -0.05) is 86.0 Å². The van der Waals surface area contributed by atoms with Crippen molar-refractivity contribution in [2.24, 2.45) is 11.7 Å². The number of methoxy groups -OCH3 is 1. The van der Waals surface area contributed by atoms with E-state index in [9.17, 15) is 18.8 Å². The molecular formula is C67H72ClFN9O8S2+. The van der Waals surface area contributed by atoms with Crippen molar-refractivity contribution in [1.82, 2.24) is 30.2 Å². The Kier molecular flexibility index (Phi) is 22.2. The first-order valence-corrected chi connectivity index (χ1v) is 31.4. The number of fused-ring (bicyclic) bond motifs is 1. The van der Waals surface area contributed by atoms with Crippen molar-refractivity contribution in [1.29, 1.82) is 0 Å². The van der Waals surface area contributed by atoms with E-state index in [2.05, 4.69) is 43.5 Å². The molecule has 88 heavy (non-hydrogen) atoms. The molecule has 1 fully saturated rings. The number of nitrogens with one attached hydrogen (secondary N) is 2. The highest BCUT2D eigenvalue weighted by atomic mass is 35.5. The highest BCUT2D eigenvalue weighted by molar-refractivity contribution is 8.00. The van der Waals surface area contributed by atoms with Crippen LogP contribution in [0.4, 0.5) is 10.1 Å². The van der Waals surface area contributed by atoms with E-state index >= 15 is 0 Å². The van der Waals surface area contributed by atoms with Gasteiger partial charge in [-0.25, -0.2) is 24.3 Å². The van der Waals surface area contributed by atoms with Gasteiger partial charge < -0.3 is 44.5 Å². The summed E-state index contributed by atoms with van der Waals surface area (Å²) in [5, 5.41) is 6.19. The van der Waals surface area contributed by atoms with Crippen LogP contribution in [0.15, 0.2) is 122 Å². The van der Waals surface area contributed by atoms with Crippen LogP contribution < -0.4 is 35.3 Å². The van der Waals surface area contributed by atoms with Crippen molar-refractivity contribution in [2.45, 2.75) is 64.3 Å². The number of hydrogen-bond donors (Lipinski definition) is 3. The minimum absolute atomic E-state index is 0.105. The molecule has 4 N–H and O–H groups in total. The molecule has 17 nitrogen and oxygen atoms in total. The summed E-state index contributed by atoms with van der Waals surface area (Å²) in [6.45, 7) is 11.4. The number of amides is 2. The molecule has 3 atom stereocenters. The Labute approximate surface area is 526 Å². The number of nitrogens with two attached hydrogens (primary N) is 1. The minimum atomic E-state index is -0.991. The number of terminal acetylenes is 1. The van der Waals surface area contributed by atoms with E-state index in [4.69, 9.17) is 52.4 Å². The monoisotopic (exact) mass is 1250 g/mol. The van der Waals surface area contributed by atoms with E-state index in [0.29, 0.717) is 68.4 Å². The Morgan fingerprint density at radius 3 is 2.42 bits per heavy atom. The van der Waals surface area contributed by atoms with Crippen LogP contribution in [0.3, 0.4) is 0 Å². The van der Waals surface area contributed by atoms with Gasteiger partial charge in [-0.05, 0) is 102 Å².